The number of rotatable bonds is 10. The second-order valence-corrected chi connectivity index (χ2v) is 4.61. The molecule has 5 nitrogen and oxygen atoms in total. The lowest BCUT2D eigenvalue weighted by Gasteiger charge is -2.03. The lowest BCUT2D eigenvalue weighted by Crippen LogP contribution is -2.05. The molecule has 17 heavy (non-hydrogen) atoms. The topological polar surface area (TPSA) is 56.3 Å². The van der Waals surface area contributed by atoms with Gasteiger partial charge in [0.25, 0.3) is 0 Å². The molecule has 1 rings (SSSR count). The highest BCUT2D eigenvalue weighted by Gasteiger charge is 2.02. The summed E-state index contributed by atoms with van der Waals surface area (Å²) in [6, 6.07) is 0. The van der Waals surface area contributed by atoms with Crippen molar-refractivity contribution in [2.75, 3.05) is 31.7 Å². The first-order chi connectivity index (χ1) is 8.36. The number of nitrogens with one attached hydrogen (secondary N) is 1. The van der Waals surface area contributed by atoms with Gasteiger partial charge >= 0.3 is 0 Å². The van der Waals surface area contributed by atoms with Gasteiger partial charge < -0.3 is 14.8 Å². The Hall–Kier alpha value is -0.720. The first kappa shape index (κ1) is 14.3. The van der Waals surface area contributed by atoms with E-state index in [9.17, 15) is 0 Å². The van der Waals surface area contributed by atoms with Gasteiger partial charge in [0.15, 0.2) is 0 Å². The molecular weight excluding hydrogens is 238 g/mol. The molecule has 0 amide bonds. The van der Waals surface area contributed by atoms with E-state index in [2.05, 4.69) is 22.4 Å². The van der Waals surface area contributed by atoms with Gasteiger partial charge in [-0.2, -0.15) is 0 Å². The summed E-state index contributed by atoms with van der Waals surface area (Å²) < 4.78 is 10.8. The minimum Gasteiger partial charge on any atom is -0.379 e. The molecule has 0 radical (unpaired) electrons. The number of hydrogen-bond donors (Lipinski definition) is 1. The minimum atomic E-state index is 0.514. The maximum absolute atomic E-state index is 5.45. The maximum atomic E-state index is 5.45. The second kappa shape index (κ2) is 9.32. The largest absolute Gasteiger partial charge is 0.379 e. The predicted octanol–water partition coefficient (Wildman–Crippen LogP) is 2.30. The van der Waals surface area contributed by atoms with Crippen LogP contribution in [0.2, 0.25) is 0 Å². The van der Waals surface area contributed by atoms with Crippen molar-refractivity contribution in [3.63, 3.8) is 0 Å². The van der Waals surface area contributed by atoms with Crippen molar-refractivity contribution in [3.8, 4) is 0 Å². The number of anilines is 1. The van der Waals surface area contributed by atoms with Gasteiger partial charge in [0.05, 0.1) is 13.2 Å². The van der Waals surface area contributed by atoms with Crippen LogP contribution in [0.15, 0.2) is 0 Å². The molecular formula is C11H21N3O2S. The standard InChI is InChI=1S/C11H21N3O2S/c1-3-5-6-15-7-8-16-9-10-13-14-11(17-10)12-4-2/h3-9H2,1-2H3,(H,12,14). The fourth-order valence-corrected chi connectivity index (χ4v) is 1.91. The average Bonchev–Trinajstić information content (AvgIpc) is 2.76. The van der Waals surface area contributed by atoms with E-state index in [1.165, 1.54) is 17.8 Å². The molecule has 6 heteroatoms. The summed E-state index contributed by atoms with van der Waals surface area (Å²) in [7, 11) is 0. The van der Waals surface area contributed by atoms with E-state index in [0.29, 0.717) is 19.8 Å². The number of hydrogen-bond acceptors (Lipinski definition) is 6. The summed E-state index contributed by atoms with van der Waals surface area (Å²) >= 11 is 1.53. The van der Waals surface area contributed by atoms with Crippen molar-refractivity contribution in [1.82, 2.24) is 10.2 Å². The number of unbranched alkanes of at least 4 members (excludes halogenated alkanes) is 1. The Morgan fingerprint density at radius 2 is 1.94 bits per heavy atom. The van der Waals surface area contributed by atoms with Gasteiger partial charge in [0, 0.05) is 13.2 Å². The third-order valence-corrected chi connectivity index (χ3v) is 2.89. The summed E-state index contributed by atoms with van der Waals surface area (Å²) in [6.45, 7) is 7.64. The highest BCUT2D eigenvalue weighted by Crippen LogP contribution is 2.15. The molecule has 1 aromatic heterocycles. The predicted molar refractivity (Wildman–Crippen MR) is 69.5 cm³/mol. The Morgan fingerprint density at radius 3 is 2.71 bits per heavy atom. The molecule has 0 aliphatic carbocycles. The maximum Gasteiger partial charge on any atom is 0.205 e. The van der Waals surface area contributed by atoms with Crippen molar-refractivity contribution < 1.29 is 9.47 Å². The third-order valence-electron chi connectivity index (χ3n) is 2.03. The van der Waals surface area contributed by atoms with Crippen LogP contribution in [0.5, 0.6) is 0 Å². The molecule has 0 aromatic carbocycles. The van der Waals surface area contributed by atoms with Crippen molar-refractivity contribution >= 4 is 16.5 Å². The van der Waals surface area contributed by atoms with Crippen LogP contribution in [-0.4, -0.2) is 36.6 Å². The average molecular weight is 259 g/mol. The SMILES string of the molecule is CCCCOCCOCc1nnc(NCC)s1. The zero-order valence-corrected chi connectivity index (χ0v) is 11.4. The normalized spacial score (nSPS) is 10.7. The van der Waals surface area contributed by atoms with Gasteiger partial charge in [-0.1, -0.05) is 24.7 Å². The summed E-state index contributed by atoms with van der Waals surface area (Å²) in [5.41, 5.74) is 0. The fraction of sp³-hybridized carbons (Fsp3) is 0.818. The van der Waals surface area contributed by atoms with Crippen LogP contribution in [0.4, 0.5) is 5.13 Å². The molecule has 0 saturated heterocycles. The molecule has 0 bridgehead atoms. The van der Waals surface area contributed by atoms with Gasteiger partial charge in [0.2, 0.25) is 5.13 Å². The zero-order valence-electron chi connectivity index (χ0n) is 10.6. The van der Waals surface area contributed by atoms with Crippen LogP contribution in [0.3, 0.4) is 0 Å². The molecule has 0 spiro atoms. The van der Waals surface area contributed by atoms with Gasteiger partial charge in [-0.25, -0.2) is 0 Å². The highest BCUT2D eigenvalue weighted by molar-refractivity contribution is 7.15. The molecule has 98 valence electrons. The van der Waals surface area contributed by atoms with E-state index < -0.39 is 0 Å². The van der Waals surface area contributed by atoms with Crippen molar-refractivity contribution in [2.24, 2.45) is 0 Å². The van der Waals surface area contributed by atoms with Gasteiger partial charge in [0.1, 0.15) is 11.6 Å². The fourth-order valence-electron chi connectivity index (χ4n) is 1.16. The number of aromatic nitrogens is 2. The summed E-state index contributed by atoms with van der Waals surface area (Å²) in [5.74, 6) is 0. The van der Waals surface area contributed by atoms with Gasteiger partial charge in [-0.3, -0.25) is 0 Å². The lowest BCUT2D eigenvalue weighted by atomic mass is 10.4. The van der Waals surface area contributed by atoms with E-state index in [0.717, 1.165) is 29.7 Å². The first-order valence-corrected chi connectivity index (χ1v) is 6.90. The number of nitrogens with zero attached hydrogens (tertiary/aromatic N) is 2. The van der Waals surface area contributed by atoms with Crippen molar-refractivity contribution in [1.29, 1.82) is 0 Å². The lowest BCUT2D eigenvalue weighted by molar-refractivity contribution is 0.0394. The van der Waals surface area contributed by atoms with E-state index in [-0.39, 0.29) is 0 Å². The molecule has 0 saturated carbocycles. The second-order valence-electron chi connectivity index (χ2n) is 3.55. The molecule has 0 fully saturated rings. The third kappa shape index (κ3) is 6.55. The molecule has 0 unspecified atom stereocenters. The Morgan fingerprint density at radius 1 is 1.12 bits per heavy atom. The first-order valence-electron chi connectivity index (χ1n) is 6.08. The minimum absolute atomic E-state index is 0.514. The van der Waals surface area contributed by atoms with E-state index in [1.54, 1.807) is 0 Å². The Bertz CT molecular complexity index is 294. The van der Waals surface area contributed by atoms with Gasteiger partial charge in [-0.05, 0) is 13.3 Å². The molecule has 0 atom stereocenters. The van der Waals surface area contributed by atoms with E-state index in [1.807, 2.05) is 6.92 Å². The number of ether oxygens (including phenoxy) is 2. The summed E-state index contributed by atoms with van der Waals surface area (Å²) in [6.07, 6.45) is 2.28. The van der Waals surface area contributed by atoms with Crippen molar-refractivity contribution in [3.05, 3.63) is 5.01 Å². The van der Waals surface area contributed by atoms with Crippen molar-refractivity contribution in [2.45, 2.75) is 33.3 Å². The molecule has 0 aliphatic rings. The van der Waals surface area contributed by atoms with Crippen LogP contribution in [0, 0.1) is 0 Å². The Labute approximate surface area is 107 Å². The summed E-state index contributed by atoms with van der Waals surface area (Å²) in [4.78, 5) is 0. The Balaban J connectivity index is 2.01. The highest BCUT2D eigenvalue weighted by atomic mass is 32.1. The van der Waals surface area contributed by atoms with Crippen LogP contribution in [0.25, 0.3) is 0 Å². The zero-order chi connectivity index (χ0) is 12.3. The van der Waals surface area contributed by atoms with E-state index >= 15 is 0 Å². The van der Waals surface area contributed by atoms with Crippen LogP contribution in [0.1, 0.15) is 31.7 Å². The van der Waals surface area contributed by atoms with Crippen LogP contribution < -0.4 is 5.32 Å². The molecule has 1 N–H and O–H groups in total. The monoisotopic (exact) mass is 259 g/mol. The van der Waals surface area contributed by atoms with Crippen LogP contribution in [-0.2, 0) is 16.1 Å². The molecule has 1 aromatic rings. The molecule has 0 aliphatic heterocycles. The quantitative estimate of drug-likeness (QED) is 0.653. The molecule has 1 heterocycles. The smallest absolute Gasteiger partial charge is 0.205 e. The van der Waals surface area contributed by atoms with E-state index in [4.69, 9.17) is 9.47 Å². The summed E-state index contributed by atoms with van der Waals surface area (Å²) in [5, 5.41) is 12.9. The van der Waals surface area contributed by atoms with Gasteiger partial charge in [-0.15, -0.1) is 10.2 Å². The Kier molecular flexibility index (Phi) is 7.87. The van der Waals surface area contributed by atoms with Crippen LogP contribution >= 0.6 is 11.3 Å².